The molecular formula is C16H13ClN2O4. The maximum absolute atomic E-state index is 11.6. The predicted octanol–water partition coefficient (Wildman–Crippen LogP) is 2.57. The van der Waals surface area contributed by atoms with Crippen molar-refractivity contribution >= 4 is 29.7 Å². The van der Waals surface area contributed by atoms with Crippen molar-refractivity contribution in [2.75, 3.05) is 6.61 Å². The largest absolute Gasteiger partial charge is 0.482 e. The van der Waals surface area contributed by atoms with Gasteiger partial charge >= 0.3 is 5.97 Å². The molecule has 0 saturated carbocycles. The molecule has 0 spiro atoms. The molecule has 0 aliphatic carbocycles. The van der Waals surface area contributed by atoms with Crippen LogP contribution in [0.1, 0.15) is 15.9 Å². The summed E-state index contributed by atoms with van der Waals surface area (Å²) >= 11 is 5.90. The first kappa shape index (κ1) is 16.5. The van der Waals surface area contributed by atoms with E-state index >= 15 is 0 Å². The van der Waals surface area contributed by atoms with Crippen molar-refractivity contribution in [2.24, 2.45) is 5.10 Å². The zero-order chi connectivity index (χ0) is 16.7. The van der Waals surface area contributed by atoms with E-state index < -0.39 is 11.9 Å². The predicted molar refractivity (Wildman–Crippen MR) is 86.1 cm³/mol. The quantitative estimate of drug-likeness (QED) is 0.628. The Morgan fingerprint density at radius 3 is 2.52 bits per heavy atom. The van der Waals surface area contributed by atoms with Gasteiger partial charge in [0.2, 0.25) is 0 Å². The summed E-state index contributed by atoms with van der Waals surface area (Å²) in [4.78, 5) is 22.3. The fraction of sp³-hybridized carbons (Fsp3) is 0.0625. The first-order valence-electron chi connectivity index (χ1n) is 6.59. The van der Waals surface area contributed by atoms with Gasteiger partial charge in [-0.2, -0.15) is 5.10 Å². The molecule has 1 amide bonds. The van der Waals surface area contributed by atoms with Crippen molar-refractivity contribution in [3.63, 3.8) is 0 Å². The number of carbonyl (C=O) groups excluding carboxylic acids is 1. The summed E-state index contributed by atoms with van der Waals surface area (Å²) in [5.41, 5.74) is 3.14. The smallest absolute Gasteiger partial charge is 0.335 e. The molecule has 0 radical (unpaired) electrons. The van der Waals surface area contributed by atoms with E-state index in [9.17, 15) is 9.59 Å². The minimum absolute atomic E-state index is 0.180. The Morgan fingerprint density at radius 2 is 1.87 bits per heavy atom. The Balaban J connectivity index is 1.82. The number of rotatable bonds is 6. The van der Waals surface area contributed by atoms with E-state index in [2.05, 4.69) is 10.5 Å². The van der Waals surface area contributed by atoms with Gasteiger partial charge in [-0.1, -0.05) is 35.9 Å². The SMILES string of the molecule is O=C(COc1ccccc1Cl)N/N=C/c1ccc(C(=O)O)cc1. The number of ether oxygens (including phenoxy) is 1. The number of nitrogens with one attached hydrogen (secondary N) is 1. The Morgan fingerprint density at radius 1 is 1.17 bits per heavy atom. The second-order valence-electron chi connectivity index (χ2n) is 4.44. The Hall–Kier alpha value is -2.86. The number of halogens is 1. The number of hydrazone groups is 1. The molecular weight excluding hydrogens is 320 g/mol. The number of para-hydroxylation sites is 1. The van der Waals surface area contributed by atoms with E-state index in [1.54, 1.807) is 36.4 Å². The monoisotopic (exact) mass is 332 g/mol. The molecule has 0 unspecified atom stereocenters. The van der Waals surface area contributed by atoms with Crippen molar-refractivity contribution < 1.29 is 19.4 Å². The molecule has 2 N–H and O–H groups in total. The van der Waals surface area contributed by atoms with Gasteiger partial charge in [0, 0.05) is 0 Å². The van der Waals surface area contributed by atoms with Crippen LogP contribution >= 0.6 is 11.6 Å². The third-order valence-corrected chi connectivity index (χ3v) is 3.07. The van der Waals surface area contributed by atoms with E-state index in [1.807, 2.05) is 0 Å². The van der Waals surface area contributed by atoms with Crippen LogP contribution < -0.4 is 10.2 Å². The number of amides is 1. The molecule has 0 atom stereocenters. The third kappa shape index (κ3) is 5.12. The summed E-state index contributed by atoms with van der Waals surface area (Å²) in [5, 5.41) is 13.0. The van der Waals surface area contributed by atoms with Gasteiger partial charge in [0.15, 0.2) is 6.61 Å². The molecule has 0 saturated heterocycles. The molecule has 6 nitrogen and oxygen atoms in total. The summed E-state index contributed by atoms with van der Waals surface area (Å²) in [5.74, 6) is -1.03. The normalized spacial score (nSPS) is 10.5. The number of nitrogens with zero attached hydrogens (tertiary/aromatic N) is 1. The fourth-order valence-corrected chi connectivity index (χ4v) is 1.82. The van der Waals surface area contributed by atoms with Crippen LogP contribution in [0.15, 0.2) is 53.6 Å². The van der Waals surface area contributed by atoms with Gasteiger partial charge in [-0.15, -0.1) is 0 Å². The minimum atomic E-state index is -1.00. The molecule has 23 heavy (non-hydrogen) atoms. The number of aromatic carboxylic acids is 1. The fourth-order valence-electron chi connectivity index (χ4n) is 1.63. The van der Waals surface area contributed by atoms with Crippen LogP contribution in [0.2, 0.25) is 5.02 Å². The summed E-state index contributed by atoms with van der Waals surface area (Å²) < 4.78 is 5.26. The van der Waals surface area contributed by atoms with Crippen molar-refractivity contribution in [3.05, 3.63) is 64.7 Å². The standard InChI is InChI=1S/C16H13ClN2O4/c17-13-3-1-2-4-14(13)23-10-15(20)19-18-9-11-5-7-12(8-6-11)16(21)22/h1-9H,10H2,(H,19,20)(H,21,22)/b18-9+. The number of hydrogen-bond acceptors (Lipinski definition) is 4. The second-order valence-corrected chi connectivity index (χ2v) is 4.85. The molecule has 0 aliphatic heterocycles. The lowest BCUT2D eigenvalue weighted by molar-refractivity contribution is -0.123. The van der Waals surface area contributed by atoms with Crippen molar-refractivity contribution in [3.8, 4) is 5.75 Å². The highest BCUT2D eigenvalue weighted by Gasteiger charge is 2.04. The molecule has 0 aromatic heterocycles. The first-order chi connectivity index (χ1) is 11.1. The second kappa shape index (κ2) is 7.95. The molecule has 0 fully saturated rings. The van der Waals surface area contributed by atoms with Gasteiger partial charge < -0.3 is 9.84 Å². The highest BCUT2D eigenvalue weighted by molar-refractivity contribution is 6.32. The molecule has 2 aromatic rings. The molecule has 7 heteroatoms. The van der Waals surface area contributed by atoms with E-state index in [0.29, 0.717) is 16.3 Å². The third-order valence-electron chi connectivity index (χ3n) is 2.76. The molecule has 118 valence electrons. The summed E-state index contributed by atoms with van der Waals surface area (Å²) in [6.45, 7) is -0.223. The van der Waals surface area contributed by atoms with Gasteiger partial charge in [-0.05, 0) is 29.8 Å². The summed E-state index contributed by atoms with van der Waals surface area (Å²) in [6, 6.07) is 12.9. The zero-order valence-corrected chi connectivity index (χ0v) is 12.7. The maximum Gasteiger partial charge on any atom is 0.335 e. The Bertz CT molecular complexity index is 729. The van der Waals surface area contributed by atoms with Crippen LogP contribution in [0.4, 0.5) is 0 Å². The lowest BCUT2D eigenvalue weighted by Gasteiger charge is -2.06. The van der Waals surface area contributed by atoms with Gasteiger partial charge in [-0.3, -0.25) is 4.79 Å². The van der Waals surface area contributed by atoms with Gasteiger partial charge in [-0.25, -0.2) is 10.2 Å². The molecule has 0 bridgehead atoms. The highest BCUT2D eigenvalue weighted by atomic mass is 35.5. The van der Waals surface area contributed by atoms with Crippen molar-refractivity contribution in [2.45, 2.75) is 0 Å². The average molecular weight is 333 g/mol. The van der Waals surface area contributed by atoms with Crippen LogP contribution in [-0.2, 0) is 4.79 Å². The van der Waals surface area contributed by atoms with E-state index in [1.165, 1.54) is 18.3 Å². The maximum atomic E-state index is 11.6. The lowest BCUT2D eigenvalue weighted by Crippen LogP contribution is -2.24. The Labute approximate surface area is 137 Å². The number of carboxylic acid groups (broad SMARTS) is 1. The molecule has 2 rings (SSSR count). The highest BCUT2D eigenvalue weighted by Crippen LogP contribution is 2.22. The molecule has 2 aromatic carbocycles. The average Bonchev–Trinajstić information content (AvgIpc) is 2.54. The van der Waals surface area contributed by atoms with Gasteiger partial charge in [0.05, 0.1) is 16.8 Å². The number of hydrogen-bond donors (Lipinski definition) is 2. The minimum Gasteiger partial charge on any atom is -0.482 e. The van der Waals surface area contributed by atoms with Crippen LogP contribution in [0, 0.1) is 0 Å². The van der Waals surface area contributed by atoms with Crippen LogP contribution in [0.5, 0.6) is 5.75 Å². The van der Waals surface area contributed by atoms with Crippen LogP contribution in [-0.4, -0.2) is 29.8 Å². The van der Waals surface area contributed by atoms with Crippen LogP contribution in [0.25, 0.3) is 0 Å². The first-order valence-corrected chi connectivity index (χ1v) is 6.96. The van der Waals surface area contributed by atoms with E-state index in [0.717, 1.165) is 0 Å². The van der Waals surface area contributed by atoms with Gasteiger partial charge in [0.1, 0.15) is 5.75 Å². The lowest BCUT2D eigenvalue weighted by atomic mass is 10.1. The number of carbonyl (C=O) groups is 2. The molecule has 0 heterocycles. The topological polar surface area (TPSA) is 88.0 Å². The summed E-state index contributed by atoms with van der Waals surface area (Å²) in [7, 11) is 0. The molecule has 0 aliphatic rings. The van der Waals surface area contributed by atoms with Crippen molar-refractivity contribution in [1.82, 2.24) is 5.43 Å². The number of benzene rings is 2. The Kier molecular flexibility index (Phi) is 5.71. The zero-order valence-electron chi connectivity index (χ0n) is 11.9. The van der Waals surface area contributed by atoms with Crippen molar-refractivity contribution in [1.29, 1.82) is 0 Å². The summed E-state index contributed by atoms with van der Waals surface area (Å²) in [6.07, 6.45) is 1.40. The van der Waals surface area contributed by atoms with E-state index in [4.69, 9.17) is 21.4 Å². The van der Waals surface area contributed by atoms with Gasteiger partial charge in [0.25, 0.3) is 5.91 Å². The van der Waals surface area contributed by atoms with E-state index in [-0.39, 0.29) is 12.2 Å². The van der Waals surface area contributed by atoms with Crippen LogP contribution in [0.3, 0.4) is 0 Å². The number of carboxylic acids is 1.